The van der Waals surface area contributed by atoms with E-state index in [0.29, 0.717) is 12.8 Å². The van der Waals surface area contributed by atoms with Gasteiger partial charge in [-0.2, -0.15) is 4.37 Å². The summed E-state index contributed by atoms with van der Waals surface area (Å²) in [7, 11) is 0. The summed E-state index contributed by atoms with van der Waals surface area (Å²) in [5.41, 5.74) is -0.637. The highest BCUT2D eigenvalue weighted by atomic mass is 32.1. The number of nitrogens with one attached hydrogen (secondary N) is 1. The monoisotopic (exact) mass is 359 g/mol. The Balaban J connectivity index is 2.88. The van der Waals surface area contributed by atoms with E-state index < -0.39 is 29.7 Å². The van der Waals surface area contributed by atoms with Crippen LogP contribution in [-0.2, 0) is 14.3 Å². The average Bonchev–Trinajstić information content (AvgIpc) is 2.85. The van der Waals surface area contributed by atoms with Crippen LogP contribution in [0.2, 0.25) is 0 Å². The fraction of sp³-hybridized carbons (Fsp3) is 0.733. The number of aliphatic hydroxyl groups is 1. The number of rotatable bonds is 7. The van der Waals surface area contributed by atoms with Crippen molar-refractivity contribution in [1.82, 2.24) is 9.36 Å². The zero-order chi connectivity index (χ0) is 18.3. The van der Waals surface area contributed by atoms with Crippen molar-refractivity contribution in [3.8, 4) is 0 Å². The number of anilines is 1. The normalized spacial score (nSPS) is 13.9. The fourth-order valence-corrected chi connectivity index (χ4v) is 2.53. The lowest BCUT2D eigenvalue weighted by Crippen LogP contribution is -2.29. The topological polar surface area (TPSA) is 111 Å². The molecule has 2 atom stereocenters. The highest BCUT2D eigenvalue weighted by Gasteiger charge is 2.33. The van der Waals surface area contributed by atoms with Crippen molar-refractivity contribution in [2.45, 2.75) is 65.1 Å². The van der Waals surface area contributed by atoms with Crippen LogP contribution in [0.15, 0.2) is 0 Å². The summed E-state index contributed by atoms with van der Waals surface area (Å²) in [4.78, 5) is 28.0. The van der Waals surface area contributed by atoms with E-state index in [2.05, 4.69) is 14.7 Å². The Bertz CT molecular complexity index is 556. The molecule has 1 rings (SSSR count). The maximum Gasteiger partial charge on any atom is 0.414 e. The second-order valence-electron chi connectivity index (χ2n) is 6.17. The first-order valence-corrected chi connectivity index (χ1v) is 8.63. The molecular formula is C15H25N3O5S. The van der Waals surface area contributed by atoms with Gasteiger partial charge in [-0.3, -0.25) is 10.1 Å². The van der Waals surface area contributed by atoms with E-state index in [4.69, 9.17) is 9.47 Å². The Hall–Kier alpha value is -1.74. The number of aromatic nitrogens is 2. The molecule has 136 valence electrons. The number of hydrogen-bond donors (Lipinski definition) is 2. The number of esters is 1. The third-order valence-corrected chi connectivity index (χ3v) is 3.48. The molecule has 1 aromatic heterocycles. The van der Waals surface area contributed by atoms with Crippen molar-refractivity contribution in [2.75, 3.05) is 11.9 Å². The first-order valence-electron chi connectivity index (χ1n) is 7.86. The summed E-state index contributed by atoms with van der Waals surface area (Å²) in [5, 5.41) is 12.9. The van der Waals surface area contributed by atoms with Gasteiger partial charge >= 0.3 is 12.1 Å². The van der Waals surface area contributed by atoms with Crippen molar-refractivity contribution in [3.63, 3.8) is 0 Å². The number of nitrogens with zero attached hydrogens (tertiary/aromatic N) is 2. The standard InChI is InChI=1S/C15H25N3O5S/c1-6-8-9(19)10(12(20)22-7-2)11-16-13(24-18-11)17-14(21)23-15(3,4)5/h9-10,19H,6-8H2,1-5H3,(H,16,17,18,21). The summed E-state index contributed by atoms with van der Waals surface area (Å²) in [5.74, 6) is -1.43. The van der Waals surface area contributed by atoms with Crippen LogP contribution in [0.5, 0.6) is 0 Å². The Morgan fingerprint density at radius 3 is 2.54 bits per heavy atom. The first kappa shape index (κ1) is 20.3. The van der Waals surface area contributed by atoms with Crippen LogP contribution in [-0.4, -0.2) is 44.8 Å². The Kier molecular flexibility index (Phi) is 7.56. The lowest BCUT2D eigenvalue weighted by atomic mass is 9.98. The summed E-state index contributed by atoms with van der Waals surface area (Å²) in [6.07, 6.45) is -0.494. The fourth-order valence-electron chi connectivity index (χ4n) is 1.93. The summed E-state index contributed by atoms with van der Waals surface area (Å²) in [6, 6.07) is 0. The molecule has 2 N–H and O–H groups in total. The molecule has 1 aromatic rings. The van der Waals surface area contributed by atoms with E-state index in [0.717, 1.165) is 11.5 Å². The van der Waals surface area contributed by atoms with E-state index in [1.54, 1.807) is 27.7 Å². The largest absolute Gasteiger partial charge is 0.465 e. The number of carbonyl (C=O) groups excluding carboxylic acids is 2. The van der Waals surface area contributed by atoms with Crippen LogP contribution >= 0.6 is 11.5 Å². The molecule has 0 saturated carbocycles. The van der Waals surface area contributed by atoms with Gasteiger partial charge in [0.25, 0.3) is 0 Å². The zero-order valence-electron chi connectivity index (χ0n) is 14.7. The lowest BCUT2D eigenvalue weighted by molar-refractivity contribution is -0.148. The molecular weight excluding hydrogens is 334 g/mol. The molecule has 8 nitrogen and oxygen atoms in total. The molecule has 1 heterocycles. The molecule has 0 aliphatic carbocycles. The van der Waals surface area contributed by atoms with Crippen LogP contribution in [0.4, 0.5) is 9.93 Å². The third kappa shape index (κ3) is 6.40. The average molecular weight is 359 g/mol. The second kappa shape index (κ2) is 8.93. The van der Waals surface area contributed by atoms with Gasteiger partial charge in [0.1, 0.15) is 11.5 Å². The summed E-state index contributed by atoms with van der Waals surface area (Å²) < 4.78 is 14.2. The number of carbonyl (C=O) groups is 2. The SMILES string of the molecule is CCCC(O)C(C(=O)OCC)c1nsc(NC(=O)OC(C)(C)C)n1. The van der Waals surface area contributed by atoms with Gasteiger partial charge in [-0.1, -0.05) is 13.3 Å². The highest BCUT2D eigenvalue weighted by Crippen LogP contribution is 2.25. The molecule has 1 amide bonds. The van der Waals surface area contributed by atoms with Crippen LogP contribution in [0.1, 0.15) is 59.2 Å². The van der Waals surface area contributed by atoms with Gasteiger partial charge in [-0.25, -0.2) is 9.78 Å². The molecule has 9 heteroatoms. The molecule has 2 unspecified atom stereocenters. The minimum atomic E-state index is -0.977. The van der Waals surface area contributed by atoms with Crippen LogP contribution in [0, 0.1) is 0 Å². The minimum absolute atomic E-state index is 0.130. The van der Waals surface area contributed by atoms with Crippen LogP contribution in [0.3, 0.4) is 0 Å². The van der Waals surface area contributed by atoms with Crippen molar-refractivity contribution >= 4 is 28.7 Å². The molecule has 24 heavy (non-hydrogen) atoms. The van der Waals surface area contributed by atoms with Gasteiger partial charge in [-0.15, -0.1) is 0 Å². The van der Waals surface area contributed by atoms with Crippen molar-refractivity contribution < 1.29 is 24.2 Å². The maximum absolute atomic E-state index is 12.1. The highest BCUT2D eigenvalue weighted by molar-refractivity contribution is 7.09. The third-order valence-electron chi connectivity index (χ3n) is 2.84. The summed E-state index contributed by atoms with van der Waals surface area (Å²) >= 11 is 0.911. The van der Waals surface area contributed by atoms with Crippen LogP contribution < -0.4 is 5.32 Å². The number of ether oxygens (including phenoxy) is 2. The number of aliphatic hydroxyl groups excluding tert-OH is 1. The van der Waals surface area contributed by atoms with E-state index in [1.165, 1.54) is 0 Å². The molecule has 0 aliphatic heterocycles. The molecule has 0 saturated heterocycles. The van der Waals surface area contributed by atoms with Crippen molar-refractivity contribution in [1.29, 1.82) is 0 Å². The van der Waals surface area contributed by atoms with Gasteiger partial charge in [0, 0.05) is 11.5 Å². The Morgan fingerprint density at radius 2 is 2.00 bits per heavy atom. The molecule has 0 fully saturated rings. The predicted molar refractivity (Wildman–Crippen MR) is 90.1 cm³/mol. The quantitative estimate of drug-likeness (QED) is 0.720. The van der Waals surface area contributed by atoms with Crippen molar-refractivity contribution in [3.05, 3.63) is 5.82 Å². The van der Waals surface area contributed by atoms with E-state index >= 15 is 0 Å². The Labute approximate surface area is 145 Å². The van der Waals surface area contributed by atoms with Gasteiger partial charge in [0.2, 0.25) is 5.13 Å². The maximum atomic E-state index is 12.1. The van der Waals surface area contributed by atoms with Gasteiger partial charge in [0.15, 0.2) is 5.82 Å². The Morgan fingerprint density at radius 1 is 1.33 bits per heavy atom. The van der Waals surface area contributed by atoms with Gasteiger partial charge in [0.05, 0.1) is 12.7 Å². The molecule has 0 aliphatic rings. The predicted octanol–water partition coefficient (Wildman–Crippen LogP) is 2.69. The smallest absolute Gasteiger partial charge is 0.414 e. The van der Waals surface area contributed by atoms with Crippen LogP contribution in [0.25, 0.3) is 0 Å². The second-order valence-corrected chi connectivity index (χ2v) is 6.92. The van der Waals surface area contributed by atoms with Gasteiger partial charge in [-0.05, 0) is 34.1 Å². The number of hydrogen-bond acceptors (Lipinski definition) is 8. The zero-order valence-corrected chi connectivity index (χ0v) is 15.5. The van der Waals surface area contributed by atoms with E-state index in [1.807, 2.05) is 6.92 Å². The van der Waals surface area contributed by atoms with Gasteiger partial charge < -0.3 is 14.6 Å². The van der Waals surface area contributed by atoms with E-state index in [-0.39, 0.29) is 17.6 Å². The minimum Gasteiger partial charge on any atom is -0.465 e. The first-order chi connectivity index (χ1) is 11.2. The molecule has 0 radical (unpaired) electrons. The lowest BCUT2D eigenvalue weighted by Gasteiger charge is -2.19. The van der Waals surface area contributed by atoms with E-state index in [9.17, 15) is 14.7 Å². The molecule has 0 aromatic carbocycles. The number of amides is 1. The molecule has 0 spiro atoms. The molecule has 0 bridgehead atoms. The van der Waals surface area contributed by atoms with Crippen molar-refractivity contribution in [2.24, 2.45) is 0 Å². The summed E-state index contributed by atoms with van der Waals surface area (Å²) in [6.45, 7) is 9.02.